The van der Waals surface area contributed by atoms with Crippen LogP contribution >= 0.6 is 0 Å². The average molecular weight is 327 g/mol. The van der Waals surface area contributed by atoms with Crippen molar-refractivity contribution in [1.82, 2.24) is 4.90 Å². The van der Waals surface area contributed by atoms with Gasteiger partial charge >= 0.3 is 0 Å². The van der Waals surface area contributed by atoms with E-state index in [1.165, 1.54) is 12.0 Å². The van der Waals surface area contributed by atoms with Crippen LogP contribution in [-0.2, 0) is 13.0 Å². The van der Waals surface area contributed by atoms with E-state index in [1.54, 1.807) is 6.07 Å². The molecule has 1 aliphatic rings. The van der Waals surface area contributed by atoms with Gasteiger partial charge in [-0.15, -0.1) is 0 Å². The number of hydrogen-bond acceptors (Lipinski definition) is 3. The van der Waals surface area contributed by atoms with Crippen molar-refractivity contribution >= 4 is 5.91 Å². The van der Waals surface area contributed by atoms with Crippen molar-refractivity contribution in [2.24, 2.45) is 5.92 Å². The fourth-order valence-corrected chi connectivity index (χ4v) is 3.08. The van der Waals surface area contributed by atoms with Crippen LogP contribution in [-0.4, -0.2) is 23.9 Å². The molecule has 0 spiro atoms. The maximum absolute atomic E-state index is 12.5. The summed E-state index contributed by atoms with van der Waals surface area (Å²) >= 11 is 0. The van der Waals surface area contributed by atoms with Gasteiger partial charge in [-0.05, 0) is 55.0 Å². The second kappa shape index (κ2) is 7.56. The average Bonchev–Trinajstić information content (AvgIpc) is 3.09. The minimum Gasteiger partial charge on any atom is -0.486 e. The number of ether oxygens (including phenoxy) is 1. The van der Waals surface area contributed by atoms with E-state index in [2.05, 4.69) is 26.0 Å². The predicted octanol–water partition coefficient (Wildman–Crippen LogP) is 4.29. The number of benzene rings is 1. The number of likely N-dealkylation sites (tertiary alicyclic amines) is 1. The van der Waals surface area contributed by atoms with Crippen LogP contribution in [0.4, 0.5) is 0 Å². The number of hydrogen-bond donors (Lipinski definition) is 0. The summed E-state index contributed by atoms with van der Waals surface area (Å²) in [5.41, 5.74) is 1.28. The number of carbonyl (C=O) groups is 1. The molecule has 1 aromatic carbocycles. The number of aryl methyl sites for hydroxylation is 1. The van der Waals surface area contributed by atoms with Crippen LogP contribution in [0.25, 0.3) is 0 Å². The highest BCUT2D eigenvalue weighted by atomic mass is 16.5. The largest absolute Gasteiger partial charge is 0.486 e. The summed E-state index contributed by atoms with van der Waals surface area (Å²) in [6, 6.07) is 11.6. The normalized spacial score (nSPS) is 17.8. The standard InChI is InChI=1S/C20H25NO3/c1-3-16-6-8-17(9-7-16)23-14-18-10-11-19(24-18)20(22)21-12-4-5-15(2)13-21/h6-11,15H,3-5,12-14H2,1-2H3. The Morgan fingerprint density at radius 2 is 2.04 bits per heavy atom. The van der Waals surface area contributed by atoms with E-state index in [0.29, 0.717) is 24.0 Å². The van der Waals surface area contributed by atoms with Crippen molar-refractivity contribution in [1.29, 1.82) is 0 Å². The van der Waals surface area contributed by atoms with Gasteiger partial charge in [0.05, 0.1) is 0 Å². The summed E-state index contributed by atoms with van der Waals surface area (Å²) in [6.45, 7) is 6.27. The fourth-order valence-electron chi connectivity index (χ4n) is 3.08. The van der Waals surface area contributed by atoms with Crippen molar-refractivity contribution in [3.8, 4) is 5.75 Å². The predicted molar refractivity (Wildman–Crippen MR) is 93.2 cm³/mol. The summed E-state index contributed by atoms with van der Waals surface area (Å²) < 4.78 is 11.4. The van der Waals surface area contributed by atoms with Gasteiger partial charge in [0.2, 0.25) is 0 Å². The lowest BCUT2D eigenvalue weighted by Crippen LogP contribution is -2.38. The Labute approximate surface area is 143 Å². The molecule has 24 heavy (non-hydrogen) atoms. The minimum atomic E-state index is -0.0138. The van der Waals surface area contributed by atoms with Crippen molar-refractivity contribution in [2.75, 3.05) is 13.1 Å². The van der Waals surface area contributed by atoms with E-state index in [1.807, 2.05) is 23.1 Å². The summed E-state index contributed by atoms with van der Waals surface area (Å²) in [5, 5.41) is 0. The van der Waals surface area contributed by atoms with Crippen LogP contribution in [0.3, 0.4) is 0 Å². The maximum atomic E-state index is 12.5. The molecule has 128 valence electrons. The quantitative estimate of drug-likeness (QED) is 0.822. The van der Waals surface area contributed by atoms with Gasteiger partial charge in [0, 0.05) is 13.1 Å². The summed E-state index contributed by atoms with van der Waals surface area (Å²) in [4.78, 5) is 14.4. The molecule has 0 radical (unpaired) electrons. The van der Waals surface area contributed by atoms with Gasteiger partial charge in [0.1, 0.15) is 18.1 Å². The molecular formula is C20H25NO3. The zero-order chi connectivity index (χ0) is 16.9. The molecule has 2 heterocycles. The van der Waals surface area contributed by atoms with E-state index in [0.717, 1.165) is 31.7 Å². The van der Waals surface area contributed by atoms with Crippen LogP contribution < -0.4 is 4.74 Å². The number of piperidine rings is 1. The molecule has 4 nitrogen and oxygen atoms in total. The Bertz CT molecular complexity index is 674. The molecule has 1 saturated heterocycles. The lowest BCUT2D eigenvalue weighted by Gasteiger charge is -2.30. The van der Waals surface area contributed by atoms with Gasteiger partial charge in [-0.25, -0.2) is 0 Å². The number of carbonyl (C=O) groups excluding carboxylic acids is 1. The first kappa shape index (κ1) is 16.6. The number of nitrogens with zero attached hydrogens (tertiary/aromatic N) is 1. The van der Waals surface area contributed by atoms with Crippen molar-refractivity contribution in [3.63, 3.8) is 0 Å². The van der Waals surface area contributed by atoms with Crippen LogP contribution in [0.5, 0.6) is 5.75 Å². The van der Waals surface area contributed by atoms with Crippen LogP contribution in [0, 0.1) is 5.92 Å². The van der Waals surface area contributed by atoms with Crippen molar-refractivity contribution in [3.05, 3.63) is 53.5 Å². The third-order valence-electron chi connectivity index (χ3n) is 4.53. The van der Waals surface area contributed by atoms with E-state index in [-0.39, 0.29) is 5.91 Å². The van der Waals surface area contributed by atoms with Crippen LogP contribution in [0.15, 0.2) is 40.8 Å². The van der Waals surface area contributed by atoms with Gasteiger partial charge in [-0.1, -0.05) is 26.0 Å². The Morgan fingerprint density at radius 1 is 1.25 bits per heavy atom. The molecule has 2 aromatic rings. The van der Waals surface area contributed by atoms with Crippen LogP contribution in [0.1, 0.15) is 48.6 Å². The highest BCUT2D eigenvalue weighted by Gasteiger charge is 2.24. The first-order chi connectivity index (χ1) is 11.7. The smallest absolute Gasteiger partial charge is 0.289 e. The van der Waals surface area contributed by atoms with E-state index >= 15 is 0 Å². The Kier molecular flexibility index (Phi) is 5.24. The second-order valence-electron chi connectivity index (χ2n) is 6.55. The molecule has 3 rings (SSSR count). The van der Waals surface area contributed by atoms with Crippen LogP contribution in [0.2, 0.25) is 0 Å². The monoisotopic (exact) mass is 327 g/mol. The molecule has 1 amide bonds. The molecule has 0 N–H and O–H groups in total. The Hall–Kier alpha value is -2.23. The van der Waals surface area contributed by atoms with Gasteiger partial charge < -0.3 is 14.1 Å². The highest BCUT2D eigenvalue weighted by molar-refractivity contribution is 5.91. The molecule has 1 unspecified atom stereocenters. The van der Waals surface area contributed by atoms with Gasteiger partial charge in [-0.3, -0.25) is 4.79 Å². The zero-order valence-corrected chi connectivity index (χ0v) is 14.5. The SMILES string of the molecule is CCc1ccc(OCc2ccc(C(=O)N3CCCC(C)C3)o2)cc1. The molecule has 0 bridgehead atoms. The zero-order valence-electron chi connectivity index (χ0n) is 14.5. The second-order valence-corrected chi connectivity index (χ2v) is 6.55. The maximum Gasteiger partial charge on any atom is 0.289 e. The van der Waals surface area contributed by atoms with Gasteiger partial charge in [-0.2, -0.15) is 0 Å². The van der Waals surface area contributed by atoms with Gasteiger partial charge in [0.25, 0.3) is 5.91 Å². The molecule has 4 heteroatoms. The molecule has 1 aliphatic heterocycles. The number of amides is 1. The molecular weight excluding hydrogens is 302 g/mol. The first-order valence-corrected chi connectivity index (χ1v) is 8.75. The Morgan fingerprint density at radius 3 is 2.75 bits per heavy atom. The highest BCUT2D eigenvalue weighted by Crippen LogP contribution is 2.20. The third kappa shape index (κ3) is 3.99. The minimum absolute atomic E-state index is 0.0138. The topological polar surface area (TPSA) is 42.7 Å². The number of rotatable bonds is 5. The summed E-state index contributed by atoms with van der Waals surface area (Å²) in [7, 11) is 0. The van der Waals surface area contributed by atoms with Gasteiger partial charge in [0.15, 0.2) is 5.76 Å². The molecule has 1 fully saturated rings. The molecule has 0 saturated carbocycles. The lowest BCUT2D eigenvalue weighted by molar-refractivity contribution is 0.0647. The van der Waals surface area contributed by atoms with Crippen molar-refractivity contribution < 1.29 is 13.9 Å². The summed E-state index contributed by atoms with van der Waals surface area (Å²) in [6.07, 6.45) is 3.27. The summed E-state index contributed by atoms with van der Waals surface area (Å²) in [5.74, 6) is 2.43. The van der Waals surface area contributed by atoms with Crippen molar-refractivity contribution in [2.45, 2.75) is 39.7 Å². The fraction of sp³-hybridized carbons (Fsp3) is 0.450. The first-order valence-electron chi connectivity index (χ1n) is 8.75. The number of furan rings is 1. The Balaban J connectivity index is 1.57. The lowest BCUT2D eigenvalue weighted by atomic mass is 10.0. The third-order valence-corrected chi connectivity index (χ3v) is 4.53. The van der Waals surface area contributed by atoms with E-state index < -0.39 is 0 Å². The molecule has 1 atom stereocenters. The van der Waals surface area contributed by atoms with E-state index in [9.17, 15) is 4.79 Å². The molecule has 0 aliphatic carbocycles. The molecule has 1 aromatic heterocycles. The van der Waals surface area contributed by atoms with E-state index in [4.69, 9.17) is 9.15 Å².